The van der Waals surface area contributed by atoms with Gasteiger partial charge in [0.15, 0.2) is 5.82 Å². The molecule has 1 unspecified atom stereocenters. The van der Waals surface area contributed by atoms with Crippen LogP contribution in [-0.4, -0.2) is 33.8 Å². The fourth-order valence-corrected chi connectivity index (χ4v) is 3.23. The Kier molecular flexibility index (Phi) is 5.61. The van der Waals surface area contributed by atoms with E-state index in [0.717, 1.165) is 37.8 Å². The van der Waals surface area contributed by atoms with Gasteiger partial charge < -0.3 is 5.32 Å². The number of piperidine rings is 1. The van der Waals surface area contributed by atoms with Crippen molar-refractivity contribution >= 4 is 11.9 Å². The highest BCUT2D eigenvalue weighted by atomic mass is 19.1. The molecular formula is C18H23F2N5O. The van der Waals surface area contributed by atoms with Gasteiger partial charge in [0, 0.05) is 25.5 Å². The minimum absolute atomic E-state index is 0.0676. The number of anilines is 1. The number of hydrogen-bond acceptors (Lipinski definition) is 4. The number of halogens is 2. The molecule has 1 aromatic carbocycles. The molecular weight excluding hydrogens is 340 g/mol. The lowest BCUT2D eigenvalue weighted by molar-refractivity contribution is -0.116. The van der Waals surface area contributed by atoms with Crippen molar-refractivity contribution in [3.05, 3.63) is 41.2 Å². The molecule has 6 nitrogen and oxygen atoms in total. The fraction of sp³-hybridized carbons (Fsp3) is 0.500. The summed E-state index contributed by atoms with van der Waals surface area (Å²) in [5.74, 6) is -0.525. The van der Waals surface area contributed by atoms with E-state index in [0.29, 0.717) is 17.4 Å². The van der Waals surface area contributed by atoms with Crippen LogP contribution >= 0.6 is 0 Å². The zero-order chi connectivity index (χ0) is 18.7. The van der Waals surface area contributed by atoms with Gasteiger partial charge in [-0.2, -0.15) is 10.1 Å². The molecule has 2 heterocycles. The number of carbonyl (C=O) groups excluding carboxylic acids is 1. The molecule has 0 spiro atoms. The molecule has 26 heavy (non-hydrogen) atoms. The zero-order valence-electron chi connectivity index (χ0n) is 14.9. The van der Waals surface area contributed by atoms with Gasteiger partial charge in [0.25, 0.3) is 0 Å². The largest absolute Gasteiger partial charge is 0.317 e. The Balaban J connectivity index is 1.63. The van der Waals surface area contributed by atoms with Crippen molar-refractivity contribution in [2.24, 2.45) is 7.05 Å². The molecule has 1 amide bonds. The van der Waals surface area contributed by atoms with Crippen LogP contribution in [0.2, 0.25) is 0 Å². The number of hydrogen-bond donors (Lipinski definition) is 2. The van der Waals surface area contributed by atoms with Crippen LogP contribution in [0.1, 0.15) is 49.4 Å². The van der Waals surface area contributed by atoms with E-state index in [1.807, 2.05) is 0 Å². The quantitative estimate of drug-likeness (QED) is 0.857. The first-order chi connectivity index (χ1) is 12.4. The number of nitrogens with zero attached hydrogens (tertiary/aromatic N) is 3. The smallest absolute Gasteiger partial charge is 0.227 e. The standard InChI is InChI=1S/C18H23F2N5O/c1-11(14-4-3-13(19)10-15(14)20)9-16(26)22-18-23-17(24-25(18)2)12-5-7-21-8-6-12/h3-4,10-12,21H,5-9H2,1-2H3,(H,22,23,24,26). The maximum absolute atomic E-state index is 13.8. The summed E-state index contributed by atoms with van der Waals surface area (Å²) < 4.78 is 28.4. The fourth-order valence-electron chi connectivity index (χ4n) is 3.23. The lowest BCUT2D eigenvalue weighted by Crippen LogP contribution is -2.27. The molecule has 1 atom stereocenters. The highest BCUT2D eigenvalue weighted by Gasteiger charge is 2.22. The summed E-state index contributed by atoms with van der Waals surface area (Å²) in [4.78, 5) is 16.8. The molecule has 1 aliphatic heterocycles. The molecule has 8 heteroatoms. The predicted octanol–water partition coefficient (Wildman–Crippen LogP) is 2.69. The monoisotopic (exact) mass is 363 g/mol. The third-order valence-corrected chi connectivity index (χ3v) is 4.72. The minimum Gasteiger partial charge on any atom is -0.317 e. The van der Waals surface area contributed by atoms with Gasteiger partial charge in [-0.1, -0.05) is 13.0 Å². The molecule has 140 valence electrons. The van der Waals surface area contributed by atoms with Gasteiger partial charge in [0.05, 0.1) is 0 Å². The first kappa shape index (κ1) is 18.4. The second kappa shape index (κ2) is 7.90. The summed E-state index contributed by atoms with van der Waals surface area (Å²) in [6, 6.07) is 3.40. The second-order valence-corrected chi connectivity index (χ2v) is 6.76. The number of benzene rings is 1. The highest BCUT2D eigenvalue weighted by molar-refractivity contribution is 5.89. The van der Waals surface area contributed by atoms with Crippen LogP contribution < -0.4 is 10.6 Å². The van der Waals surface area contributed by atoms with Gasteiger partial charge in [-0.05, 0) is 43.5 Å². The number of aryl methyl sites for hydroxylation is 1. The number of aromatic nitrogens is 3. The van der Waals surface area contributed by atoms with Crippen LogP contribution in [0.25, 0.3) is 0 Å². The van der Waals surface area contributed by atoms with Gasteiger partial charge in [0.1, 0.15) is 11.6 Å². The lowest BCUT2D eigenvalue weighted by Gasteiger charge is -2.19. The number of amides is 1. The topological polar surface area (TPSA) is 71.8 Å². The van der Waals surface area contributed by atoms with Crippen molar-refractivity contribution in [3.8, 4) is 0 Å². The van der Waals surface area contributed by atoms with Crippen molar-refractivity contribution in [3.63, 3.8) is 0 Å². The molecule has 0 saturated carbocycles. The van der Waals surface area contributed by atoms with Gasteiger partial charge in [-0.15, -0.1) is 0 Å². The Morgan fingerprint density at radius 3 is 2.81 bits per heavy atom. The maximum Gasteiger partial charge on any atom is 0.227 e. The molecule has 1 fully saturated rings. The molecule has 0 bridgehead atoms. The molecule has 1 saturated heterocycles. The minimum atomic E-state index is -0.642. The predicted molar refractivity (Wildman–Crippen MR) is 93.9 cm³/mol. The van der Waals surface area contributed by atoms with Crippen molar-refractivity contribution in [2.45, 2.75) is 38.0 Å². The summed E-state index contributed by atoms with van der Waals surface area (Å²) in [5.41, 5.74) is 0.315. The summed E-state index contributed by atoms with van der Waals surface area (Å²) >= 11 is 0. The molecule has 2 N–H and O–H groups in total. The van der Waals surface area contributed by atoms with Crippen LogP contribution in [0, 0.1) is 11.6 Å². The molecule has 3 rings (SSSR count). The first-order valence-corrected chi connectivity index (χ1v) is 8.80. The SMILES string of the molecule is CC(CC(=O)Nc1nc(C2CCNCC2)nn1C)c1ccc(F)cc1F. The van der Waals surface area contributed by atoms with E-state index in [-0.39, 0.29) is 18.2 Å². The van der Waals surface area contributed by atoms with Crippen molar-refractivity contribution in [2.75, 3.05) is 18.4 Å². The Labute approximate surface area is 151 Å². The van der Waals surface area contributed by atoms with Gasteiger partial charge in [-0.25, -0.2) is 13.5 Å². The van der Waals surface area contributed by atoms with Gasteiger partial charge in [0.2, 0.25) is 11.9 Å². The van der Waals surface area contributed by atoms with Crippen molar-refractivity contribution in [1.82, 2.24) is 20.1 Å². The Bertz CT molecular complexity index is 786. The summed E-state index contributed by atoms with van der Waals surface area (Å²) in [7, 11) is 1.73. The van der Waals surface area contributed by atoms with Crippen molar-refractivity contribution < 1.29 is 13.6 Å². The molecule has 1 aromatic heterocycles. The van der Waals surface area contributed by atoms with E-state index in [1.54, 1.807) is 18.7 Å². The zero-order valence-corrected chi connectivity index (χ0v) is 14.9. The average molecular weight is 363 g/mol. The van der Waals surface area contributed by atoms with Crippen LogP contribution in [-0.2, 0) is 11.8 Å². The Hall–Kier alpha value is -2.35. The number of carbonyl (C=O) groups is 1. The van der Waals surface area contributed by atoms with Crippen LogP contribution in [0.4, 0.5) is 14.7 Å². The van der Waals surface area contributed by atoms with E-state index < -0.39 is 11.6 Å². The van der Waals surface area contributed by atoms with Crippen LogP contribution in [0.3, 0.4) is 0 Å². The summed E-state index contributed by atoms with van der Waals surface area (Å²) in [6.07, 6.45) is 2.01. The van der Waals surface area contributed by atoms with Crippen molar-refractivity contribution in [1.29, 1.82) is 0 Å². The van der Waals surface area contributed by atoms with E-state index in [1.165, 1.54) is 12.1 Å². The molecule has 0 radical (unpaired) electrons. The molecule has 2 aromatic rings. The Morgan fingerprint density at radius 2 is 2.12 bits per heavy atom. The third kappa shape index (κ3) is 4.24. The number of rotatable bonds is 5. The van der Waals surface area contributed by atoms with Gasteiger partial charge in [-0.3, -0.25) is 10.1 Å². The van der Waals surface area contributed by atoms with E-state index >= 15 is 0 Å². The third-order valence-electron chi connectivity index (χ3n) is 4.72. The molecule has 0 aliphatic carbocycles. The Morgan fingerprint density at radius 1 is 1.38 bits per heavy atom. The molecule has 1 aliphatic rings. The van der Waals surface area contributed by atoms with E-state index in [9.17, 15) is 13.6 Å². The van der Waals surface area contributed by atoms with Crippen LogP contribution in [0.5, 0.6) is 0 Å². The average Bonchev–Trinajstić information content (AvgIpc) is 2.96. The van der Waals surface area contributed by atoms with E-state index in [2.05, 4.69) is 20.7 Å². The summed E-state index contributed by atoms with van der Waals surface area (Å²) in [6.45, 7) is 3.60. The second-order valence-electron chi connectivity index (χ2n) is 6.76. The van der Waals surface area contributed by atoms with E-state index in [4.69, 9.17) is 0 Å². The van der Waals surface area contributed by atoms with Gasteiger partial charge >= 0.3 is 0 Å². The maximum atomic E-state index is 13.8. The highest BCUT2D eigenvalue weighted by Crippen LogP contribution is 2.25. The normalized spacial score (nSPS) is 16.5. The first-order valence-electron chi connectivity index (χ1n) is 8.80. The lowest BCUT2D eigenvalue weighted by atomic mass is 9.97. The van der Waals surface area contributed by atoms with Crippen LogP contribution in [0.15, 0.2) is 18.2 Å². The summed E-state index contributed by atoms with van der Waals surface area (Å²) in [5, 5.41) is 10.4. The number of nitrogens with one attached hydrogen (secondary N) is 2.